The third-order valence-corrected chi connectivity index (χ3v) is 6.84. The van der Waals surface area contributed by atoms with Crippen LogP contribution in [0.15, 0.2) is 37.9 Å². The third kappa shape index (κ3) is 5.08. The number of halogens is 1. The predicted molar refractivity (Wildman–Crippen MR) is 137 cm³/mol. The van der Waals surface area contributed by atoms with Gasteiger partial charge in [0.05, 0.1) is 28.9 Å². The summed E-state index contributed by atoms with van der Waals surface area (Å²) in [6, 6.07) is 7.25. The molecule has 0 radical (unpaired) electrons. The van der Waals surface area contributed by atoms with Crippen molar-refractivity contribution in [3.63, 3.8) is 0 Å². The number of fused-ring (bicyclic) bond motifs is 1. The Morgan fingerprint density at radius 2 is 1.69 bits per heavy atom. The minimum Gasteiger partial charge on any atom is -0.444 e. The van der Waals surface area contributed by atoms with Gasteiger partial charge in [0.1, 0.15) is 11.1 Å². The Kier molecular flexibility index (Phi) is 6.48. The van der Waals surface area contributed by atoms with Gasteiger partial charge in [0.15, 0.2) is 0 Å². The molecule has 1 amide bonds. The number of carbonyl (C=O) groups excluding carboxylic acids is 1. The molecule has 1 aliphatic rings. The Hall–Kier alpha value is -2.85. The predicted octanol–water partition coefficient (Wildman–Crippen LogP) is 4.14. The summed E-state index contributed by atoms with van der Waals surface area (Å²) in [6.07, 6.45) is -0.353. The second kappa shape index (κ2) is 8.98. The van der Waals surface area contributed by atoms with Crippen molar-refractivity contribution in [1.29, 1.82) is 0 Å². The molecule has 10 heteroatoms. The molecule has 1 fully saturated rings. The van der Waals surface area contributed by atoms with Crippen molar-refractivity contribution >= 4 is 33.1 Å². The van der Waals surface area contributed by atoms with E-state index < -0.39 is 11.2 Å². The zero-order valence-corrected chi connectivity index (χ0v) is 22.5. The first kappa shape index (κ1) is 25.2. The largest absolute Gasteiger partial charge is 0.444 e. The lowest BCUT2D eigenvalue weighted by Gasteiger charge is -2.37. The minimum absolute atomic E-state index is 0.151. The van der Waals surface area contributed by atoms with Crippen LogP contribution in [0.2, 0.25) is 0 Å². The van der Waals surface area contributed by atoms with E-state index in [0.29, 0.717) is 53.3 Å². The SMILES string of the molecule is Cc1c(Br)c2nc(-c3ccc(C(C)(C)O)cc3)oc2c(=O)n1N1CCN(C(=O)OC(C)(C)C)CC1. The van der Waals surface area contributed by atoms with Crippen molar-refractivity contribution in [3.8, 4) is 11.5 Å². The van der Waals surface area contributed by atoms with Gasteiger partial charge in [-0.2, -0.15) is 0 Å². The number of aromatic nitrogens is 2. The van der Waals surface area contributed by atoms with Gasteiger partial charge in [-0.15, -0.1) is 0 Å². The van der Waals surface area contributed by atoms with Gasteiger partial charge in [-0.1, -0.05) is 12.1 Å². The molecule has 0 spiro atoms. The van der Waals surface area contributed by atoms with E-state index in [4.69, 9.17) is 9.15 Å². The summed E-state index contributed by atoms with van der Waals surface area (Å²) in [7, 11) is 0. The van der Waals surface area contributed by atoms with E-state index in [1.165, 1.54) is 0 Å². The van der Waals surface area contributed by atoms with Crippen molar-refractivity contribution in [2.45, 2.75) is 52.7 Å². The van der Waals surface area contributed by atoms with Crippen molar-refractivity contribution in [3.05, 3.63) is 50.3 Å². The number of oxazole rings is 1. The van der Waals surface area contributed by atoms with E-state index in [0.717, 1.165) is 5.56 Å². The second-order valence-corrected chi connectivity index (χ2v) is 11.1. The fraction of sp³-hybridized carbons (Fsp3) is 0.480. The van der Waals surface area contributed by atoms with Crippen LogP contribution in [-0.4, -0.2) is 57.5 Å². The van der Waals surface area contributed by atoms with Gasteiger partial charge in [0, 0.05) is 18.7 Å². The molecule has 9 nitrogen and oxygen atoms in total. The topological polar surface area (TPSA) is 101 Å². The van der Waals surface area contributed by atoms with Crippen LogP contribution in [0.3, 0.4) is 0 Å². The molecule has 3 aromatic rings. The normalized spacial score (nSPS) is 15.1. The van der Waals surface area contributed by atoms with Gasteiger partial charge in [-0.25, -0.2) is 14.5 Å². The van der Waals surface area contributed by atoms with Crippen LogP contribution in [0.25, 0.3) is 22.6 Å². The first-order valence-electron chi connectivity index (χ1n) is 11.5. The quantitative estimate of drug-likeness (QED) is 0.526. The van der Waals surface area contributed by atoms with Crippen LogP contribution in [0.4, 0.5) is 4.79 Å². The Labute approximate surface area is 212 Å². The Balaban J connectivity index is 1.63. The Bertz CT molecular complexity index is 1310. The average Bonchev–Trinajstić information content (AvgIpc) is 3.23. The van der Waals surface area contributed by atoms with Crippen LogP contribution in [0, 0.1) is 6.92 Å². The highest BCUT2D eigenvalue weighted by molar-refractivity contribution is 9.10. The molecule has 0 bridgehead atoms. The molecule has 188 valence electrons. The summed E-state index contributed by atoms with van der Waals surface area (Å²) in [5.41, 5.74) is 0.954. The lowest BCUT2D eigenvalue weighted by molar-refractivity contribution is 0.0231. The minimum atomic E-state index is -0.957. The molecule has 1 aromatic carbocycles. The van der Waals surface area contributed by atoms with Gasteiger partial charge < -0.3 is 24.2 Å². The molecule has 0 atom stereocenters. The number of aliphatic hydroxyl groups is 1. The second-order valence-electron chi connectivity index (χ2n) is 10.3. The molecule has 1 aliphatic heterocycles. The Morgan fingerprint density at radius 1 is 1.09 bits per heavy atom. The van der Waals surface area contributed by atoms with Crippen molar-refractivity contribution in [2.24, 2.45) is 0 Å². The van der Waals surface area contributed by atoms with Gasteiger partial charge in [0.25, 0.3) is 0 Å². The summed E-state index contributed by atoms with van der Waals surface area (Å²) < 4.78 is 13.7. The third-order valence-electron chi connectivity index (χ3n) is 5.89. The van der Waals surface area contributed by atoms with Gasteiger partial charge in [-0.3, -0.25) is 4.79 Å². The van der Waals surface area contributed by atoms with E-state index in [1.807, 2.05) is 57.0 Å². The molecular formula is C25H31BrN4O5. The van der Waals surface area contributed by atoms with Crippen molar-refractivity contribution in [2.75, 3.05) is 31.2 Å². The number of piperazine rings is 1. The molecule has 35 heavy (non-hydrogen) atoms. The van der Waals surface area contributed by atoms with Crippen LogP contribution in [0.1, 0.15) is 45.9 Å². The number of hydrogen-bond acceptors (Lipinski definition) is 7. The molecule has 1 saturated heterocycles. The highest BCUT2D eigenvalue weighted by atomic mass is 79.9. The molecule has 0 unspecified atom stereocenters. The number of carbonyl (C=O) groups is 1. The first-order chi connectivity index (χ1) is 16.3. The fourth-order valence-electron chi connectivity index (χ4n) is 4.02. The average molecular weight is 547 g/mol. The molecule has 0 saturated carbocycles. The van der Waals surface area contributed by atoms with Gasteiger partial charge in [-0.05, 0) is 75.2 Å². The monoisotopic (exact) mass is 546 g/mol. The maximum Gasteiger partial charge on any atom is 0.410 e. The van der Waals surface area contributed by atoms with Crippen molar-refractivity contribution < 1.29 is 19.1 Å². The molecule has 1 N–H and O–H groups in total. The zero-order chi connectivity index (χ0) is 25.7. The molecule has 0 aliphatic carbocycles. The van der Waals surface area contributed by atoms with Crippen molar-refractivity contribution in [1.82, 2.24) is 14.6 Å². The first-order valence-corrected chi connectivity index (χ1v) is 12.3. The lowest BCUT2D eigenvalue weighted by atomic mass is 9.97. The lowest BCUT2D eigenvalue weighted by Crippen LogP contribution is -2.56. The van der Waals surface area contributed by atoms with Gasteiger partial charge in [0.2, 0.25) is 11.5 Å². The summed E-state index contributed by atoms with van der Waals surface area (Å²) in [6.45, 7) is 12.6. The van der Waals surface area contributed by atoms with E-state index >= 15 is 0 Å². The summed E-state index contributed by atoms with van der Waals surface area (Å²) in [5.74, 6) is 0.326. The van der Waals surface area contributed by atoms with Crippen LogP contribution in [0.5, 0.6) is 0 Å². The number of nitrogens with zero attached hydrogens (tertiary/aromatic N) is 4. The van der Waals surface area contributed by atoms with Crippen LogP contribution in [-0.2, 0) is 10.3 Å². The number of amides is 1. The molecule has 4 rings (SSSR count). The van der Waals surface area contributed by atoms with E-state index in [1.54, 1.807) is 23.4 Å². The molecule has 3 heterocycles. The zero-order valence-electron chi connectivity index (χ0n) is 20.9. The number of ether oxygens (including phenoxy) is 1. The van der Waals surface area contributed by atoms with E-state index in [2.05, 4.69) is 20.9 Å². The van der Waals surface area contributed by atoms with Crippen LogP contribution < -0.4 is 10.6 Å². The maximum atomic E-state index is 13.5. The van der Waals surface area contributed by atoms with Crippen LogP contribution >= 0.6 is 15.9 Å². The summed E-state index contributed by atoms with van der Waals surface area (Å²) in [4.78, 5) is 32.1. The standard InChI is InChI=1S/C25H31BrN4O5/c1-15-18(26)19-20(34-21(27-19)16-7-9-17(10-8-16)25(5,6)33)22(31)30(15)29-13-11-28(12-14-29)23(32)35-24(2,3)4/h7-10,33H,11-14H2,1-6H3. The highest BCUT2D eigenvalue weighted by Crippen LogP contribution is 2.30. The molecular weight excluding hydrogens is 516 g/mol. The maximum absolute atomic E-state index is 13.5. The van der Waals surface area contributed by atoms with Gasteiger partial charge >= 0.3 is 11.7 Å². The number of pyridine rings is 1. The van der Waals surface area contributed by atoms with E-state index in [-0.39, 0.29) is 17.2 Å². The number of benzene rings is 1. The highest BCUT2D eigenvalue weighted by Gasteiger charge is 2.29. The number of rotatable bonds is 3. The fourth-order valence-corrected chi connectivity index (χ4v) is 4.45. The van der Waals surface area contributed by atoms with E-state index in [9.17, 15) is 14.7 Å². The smallest absolute Gasteiger partial charge is 0.410 e. The number of hydrogen-bond donors (Lipinski definition) is 1. The summed E-state index contributed by atoms with van der Waals surface area (Å²) >= 11 is 3.60. The Morgan fingerprint density at radius 3 is 2.23 bits per heavy atom. The molecule has 2 aromatic heterocycles. The summed E-state index contributed by atoms with van der Waals surface area (Å²) in [5, 5.41) is 12.1.